The maximum Gasteiger partial charge on any atom is 0.329 e. The zero-order valence-electron chi connectivity index (χ0n) is 17.8. The fourth-order valence-corrected chi connectivity index (χ4v) is 5.35. The van der Waals surface area contributed by atoms with Gasteiger partial charge in [-0.05, 0) is 43.6 Å². The summed E-state index contributed by atoms with van der Waals surface area (Å²) in [7, 11) is 2.06. The first kappa shape index (κ1) is 19.1. The Morgan fingerprint density at radius 2 is 2.12 bits per heavy atom. The molecule has 2 saturated carbocycles. The molecule has 164 valence electrons. The molecule has 0 spiro atoms. The van der Waals surface area contributed by atoms with Gasteiger partial charge in [0.2, 0.25) is 0 Å². The molecular formula is C22H24N8O2. The lowest BCUT2D eigenvalue weighted by molar-refractivity contribution is 0.217. The molecule has 2 atom stereocenters. The number of urea groups is 1. The number of likely N-dealkylation sites (tertiary alicyclic amines) is 1. The summed E-state index contributed by atoms with van der Waals surface area (Å²) in [5, 5.41) is 17.3. The summed E-state index contributed by atoms with van der Waals surface area (Å²) in [6.07, 6.45) is 7.63. The van der Waals surface area contributed by atoms with Crippen LogP contribution in [0, 0.1) is 23.2 Å². The predicted octanol–water partition coefficient (Wildman–Crippen LogP) is 3.07. The first-order valence-corrected chi connectivity index (χ1v) is 11.1. The molecule has 1 aliphatic heterocycles. The van der Waals surface area contributed by atoms with E-state index < -0.39 is 0 Å². The van der Waals surface area contributed by atoms with E-state index in [9.17, 15) is 10.1 Å². The number of nitrogens with zero attached hydrogens (tertiary/aromatic N) is 6. The molecule has 0 radical (unpaired) electrons. The van der Waals surface area contributed by atoms with Crippen LogP contribution >= 0.6 is 0 Å². The first-order chi connectivity index (χ1) is 15.6. The minimum Gasteiger partial charge on any atom is -0.370 e. The van der Waals surface area contributed by atoms with Crippen molar-refractivity contribution < 1.29 is 9.32 Å². The van der Waals surface area contributed by atoms with Crippen LogP contribution in [0.3, 0.4) is 0 Å². The Labute approximate surface area is 184 Å². The maximum atomic E-state index is 12.7. The summed E-state index contributed by atoms with van der Waals surface area (Å²) in [6.45, 7) is 1.43. The van der Waals surface area contributed by atoms with Crippen molar-refractivity contribution in [3.05, 3.63) is 29.8 Å². The monoisotopic (exact) mass is 432 g/mol. The highest BCUT2D eigenvalue weighted by atomic mass is 16.5. The molecule has 2 N–H and O–H groups in total. The van der Waals surface area contributed by atoms with Gasteiger partial charge in [0.05, 0.1) is 11.3 Å². The molecule has 3 aliphatic rings. The number of nitrogens with one attached hydrogen (secondary N) is 2. The molecule has 2 aliphatic carbocycles. The van der Waals surface area contributed by atoms with Crippen LogP contribution in [0.5, 0.6) is 0 Å². The normalized spacial score (nSPS) is 24.5. The molecule has 10 heteroatoms. The number of nitriles is 1. The van der Waals surface area contributed by atoms with Gasteiger partial charge in [-0.3, -0.25) is 5.32 Å². The average Bonchev–Trinajstić information content (AvgIpc) is 3.17. The van der Waals surface area contributed by atoms with E-state index in [0.29, 0.717) is 48.3 Å². The van der Waals surface area contributed by atoms with Gasteiger partial charge in [0, 0.05) is 49.9 Å². The minimum atomic E-state index is -0.176. The van der Waals surface area contributed by atoms with Crippen LogP contribution in [0.2, 0.25) is 0 Å². The number of anilines is 2. The largest absolute Gasteiger partial charge is 0.370 e. The summed E-state index contributed by atoms with van der Waals surface area (Å²) in [6, 6.07) is 4.59. The lowest BCUT2D eigenvalue weighted by Gasteiger charge is -2.29. The third kappa shape index (κ3) is 3.16. The van der Waals surface area contributed by atoms with E-state index in [4.69, 9.17) is 4.52 Å². The number of H-pyrrole nitrogens is 1. The summed E-state index contributed by atoms with van der Waals surface area (Å²) >= 11 is 0. The lowest BCUT2D eigenvalue weighted by Crippen LogP contribution is -2.36. The highest BCUT2D eigenvalue weighted by molar-refractivity contribution is 5.93. The van der Waals surface area contributed by atoms with Crippen molar-refractivity contribution in [3.8, 4) is 6.07 Å². The molecule has 0 bridgehead atoms. The average molecular weight is 432 g/mol. The van der Waals surface area contributed by atoms with Crippen molar-refractivity contribution in [2.45, 2.75) is 37.6 Å². The number of aromatic nitrogens is 4. The Balaban J connectivity index is 1.12. The lowest BCUT2D eigenvalue weighted by atomic mass is 10.0. The molecule has 3 fully saturated rings. The van der Waals surface area contributed by atoms with Crippen molar-refractivity contribution in [2.75, 3.05) is 30.4 Å². The number of hydrogen-bond donors (Lipinski definition) is 2. The van der Waals surface area contributed by atoms with E-state index >= 15 is 0 Å². The fraction of sp³-hybridized carbons (Fsp3) is 0.500. The summed E-state index contributed by atoms with van der Waals surface area (Å²) < 4.78 is 5.18. The van der Waals surface area contributed by atoms with Gasteiger partial charge in [0.15, 0.2) is 5.82 Å². The molecule has 10 nitrogen and oxygen atoms in total. The van der Waals surface area contributed by atoms with E-state index in [2.05, 4.69) is 43.4 Å². The molecule has 2 unspecified atom stereocenters. The highest BCUT2D eigenvalue weighted by Crippen LogP contribution is 2.43. The second-order valence-electron chi connectivity index (χ2n) is 9.20. The van der Waals surface area contributed by atoms with E-state index in [1.54, 1.807) is 6.20 Å². The van der Waals surface area contributed by atoms with Crippen LogP contribution < -0.4 is 10.2 Å². The second-order valence-corrected chi connectivity index (χ2v) is 9.20. The van der Waals surface area contributed by atoms with Crippen LogP contribution in [-0.2, 0) is 0 Å². The molecule has 1 saturated heterocycles. The van der Waals surface area contributed by atoms with Gasteiger partial charge in [-0.2, -0.15) is 10.2 Å². The van der Waals surface area contributed by atoms with Crippen molar-refractivity contribution in [1.82, 2.24) is 25.0 Å². The van der Waals surface area contributed by atoms with Crippen LogP contribution in [0.25, 0.3) is 11.0 Å². The Hall–Kier alpha value is -3.61. The van der Waals surface area contributed by atoms with Gasteiger partial charge >= 0.3 is 12.0 Å². The Bertz CT molecular complexity index is 1210. The number of hydrogen-bond acceptors (Lipinski definition) is 7. The number of fused-ring (bicyclic) bond motifs is 2. The Morgan fingerprint density at radius 1 is 1.34 bits per heavy atom. The molecule has 32 heavy (non-hydrogen) atoms. The standard InChI is InChI=1S/C22H24N8O2/c1-29(18-15(8-23)9-25-20-17(18)4-5-24-20)16-6-13-10-30(11-14(13)7-16)22(31)27-21-26-19(28-32-21)12-2-3-12/h4-5,9,12-14,16H,2-3,6-7,10-11H2,1H3,(H,24,25)(H,26,27,28,31). The molecule has 4 heterocycles. The number of pyridine rings is 1. The SMILES string of the molecule is CN(c1c(C#N)cnc2[nH]ccc12)C1CC2CN(C(=O)Nc3nc(C4CC4)no3)CC2C1. The van der Waals surface area contributed by atoms with Crippen molar-refractivity contribution in [1.29, 1.82) is 5.26 Å². The van der Waals surface area contributed by atoms with E-state index in [1.807, 2.05) is 17.2 Å². The zero-order chi connectivity index (χ0) is 21.8. The van der Waals surface area contributed by atoms with Crippen LogP contribution in [0.15, 0.2) is 23.0 Å². The molecule has 0 aromatic carbocycles. The topological polar surface area (TPSA) is 127 Å². The van der Waals surface area contributed by atoms with Crippen molar-refractivity contribution in [3.63, 3.8) is 0 Å². The number of carbonyl (C=O) groups is 1. The second kappa shape index (κ2) is 7.22. The smallest absolute Gasteiger partial charge is 0.329 e. The molecule has 6 rings (SSSR count). The minimum absolute atomic E-state index is 0.176. The summed E-state index contributed by atoms with van der Waals surface area (Å²) in [4.78, 5) is 28.6. The molecular weight excluding hydrogens is 408 g/mol. The van der Waals surface area contributed by atoms with Gasteiger partial charge < -0.3 is 19.3 Å². The third-order valence-electron chi connectivity index (χ3n) is 7.19. The summed E-state index contributed by atoms with van der Waals surface area (Å²) in [5.41, 5.74) is 2.31. The number of amides is 2. The van der Waals surface area contributed by atoms with Gasteiger partial charge in [-0.15, -0.1) is 0 Å². The first-order valence-electron chi connectivity index (χ1n) is 11.1. The molecule has 3 aromatic heterocycles. The fourth-order valence-electron chi connectivity index (χ4n) is 5.35. The van der Waals surface area contributed by atoms with E-state index in [0.717, 1.165) is 42.4 Å². The third-order valence-corrected chi connectivity index (χ3v) is 7.19. The van der Waals surface area contributed by atoms with Gasteiger partial charge in [0.25, 0.3) is 0 Å². The van der Waals surface area contributed by atoms with Crippen molar-refractivity contribution in [2.24, 2.45) is 11.8 Å². The number of rotatable bonds is 4. The maximum absolute atomic E-state index is 12.7. The van der Waals surface area contributed by atoms with E-state index in [-0.39, 0.29) is 12.0 Å². The summed E-state index contributed by atoms with van der Waals surface area (Å²) in [5.74, 6) is 1.95. The Morgan fingerprint density at radius 3 is 2.84 bits per heavy atom. The predicted molar refractivity (Wildman–Crippen MR) is 116 cm³/mol. The Kier molecular flexibility index (Phi) is 4.31. The number of aromatic amines is 1. The quantitative estimate of drug-likeness (QED) is 0.648. The van der Waals surface area contributed by atoms with Gasteiger partial charge in [0.1, 0.15) is 11.7 Å². The van der Waals surface area contributed by atoms with Crippen LogP contribution in [0.4, 0.5) is 16.5 Å². The van der Waals surface area contributed by atoms with Crippen molar-refractivity contribution >= 4 is 28.8 Å². The van der Waals surface area contributed by atoms with Crippen LogP contribution in [-0.4, -0.2) is 57.2 Å². The number of carbonyl (C=O) groups excluding carboxylic acids is 1. The zero-order valence-corrected chi connectivity index (χ0v) is 17.8. The molecule has 3 aromatic rings. The van der Waals surface area contributed by atoms with Crippen LogP contribution in [0.1, 0.15) is 43.0 Å². The molecule has 2 amide bonds. The van der Waals surface area contributed by atoms with E-state index in [1.165, 1.54) is 0 Å². The van der Waals surface area contributed by atoms with Gasteiger partial charge in [-0.1, -0.05) is 5.16 Å². The highest BCUT2D eigenvalue weighted by Gasteiger charge is 2.44. The van der Waals surface area contributed by atoms with Gasteiger partial charge in [-0.25, -0.2) is 9.78 Å².